The molecule has 0 aromatic carbocycles. The van der Waals surface area contributed by atoms with Crippen molar-refractivity contribution < 1.29 is 19.1 Å². The number of hydrogen-bond donors (Lipinski definition) is 1. The minimum atomic E-state index is -1.13. The summed E-state index contributed by atoms with van der Waals surface area (Å²) in [4.78, 5) is 31.0. The normalized spacial score (nSPS) is 13.4. The van der Waals surface area contributed by atoms with Crippen LogP contribution in [0.2, 0.25) is 0 Å². The van der Waals surface area contributed by atoms with Gasteiger partial charge in [-0.15, -0.1) is 11.3 Å². The number of aryl methyl sites for hydroxylation is 2. The van der Waals surface area contributed by atoms with Gasteiger partial charge in [-0.1, -0.05) is 0 Å². The Bertz CT molecular complexity index is 1050. The van der Waals surface area contributed by atoms with Crippen LogP contribution in [0.4, 0.5) is 0 Å². The molecule has 0 atom stereocenters. The number of thiophene rings is 1. The van der Waals surface area contributed by atoms with Crippen LogP contribution < -0.4 is 5.56 Å². The van der Waals surface area contributed by atoms with Crippen LogP contribution in [0, 0.1) is 0 Å². The standard InChI is InChI=1S/C18H18N2O5S/c1-24-8-7-14-19-16-15(11-3-2-4-13(11)26-16)17(21)20(14)9-10-5-6-12(25-10)18(22)23/h5-6H,2-4,7-9H2,1H3,(H,22,23). The topological polar surface area (TPSA) is 94.6 Å². The number of carboxylic acids is 1. The molecule has 0 amide bonds. The summed E-state index contributed by atoms with van der Waals surface area (Å²) in [5.41, 5.74) is 1.04. The maximum absolute atomic E-state index is 13.2. The van der Waals surface area contributed by atoms with E-state index in [0.717, 1.165) is 29.7 Å². The summed E-state index contributed by atoms with van der Waals surface area (Å²) >= 11 is 1.60. The molecule has 8 heteroatoms. The summed E-state index contributed by atoms with van der Waals surface area (Å²) in [6, 6.07) is 2.98. The molecule has 3 aromatic heterocycles. The molecule has 0 aliphatic heterocycles. The van der Waals surface area contributed by atoms with E-state index in [-0.39, 0.29) is 17.9 Å². The minimum absolute atomic E-state index is 0.0891. The highest BCUT2D eigenvalue weighted by Crippen LogP contribution is 2.34. The number of carbonyl (C=O) groups is 1. The summed E-state index contributed by atoms with van der Waals surface area (Å²) in [5, 5.41) is 9.72. The zero-order valence-corrected chi connectivity index (χ0v) is 15.1. The first-order valence-electron chi connectivity index (χ1n) is 8.43. The van der Waals surface area contributed by atoms with Gasteiger partial charge in [0, 0.05) is 18.4 Å². The molecule has 4 rings (SSSR count). The minimum Gasteiger partial charge on any atom is -0.475 e. The Morgan fingerprint density at radius 3 is 3.00 bits per heavy atom. The van der Waals surface area contributed by atoms with E-state index in [1.54, 1.807) is 29.1 Å². The zero-order valence-electron chi connectivity index (χ0n) is 14.3. The van der Waals surface area contributed by atoms with Crippen LogP contribution in [0.15, 0.2) is 21.3 Å². The largest absolute Gasteiger partial charge is 0.475 e. The molecule has 3 heterocycles. The average molecular weight is 374 g/mol. The lowest BCUT2D eigenvalue weighted by Crippen LogP contribution is -2.26. The van der Waals surface area contributed by atoms with Crippen LogP contribution >= 0.6 is 11.3 Å². The number of aromatic carboxylic acids is 1. The van der Waals surface area contributed by atoms with E-state index in [2.05, 4.69) is 0 Å². The molecule has 0 radical (unpaired) electrons. The second-order valence-corrected chi connectivity index (χ2v) is 7.35. The number of furan rings is 1. The summed E-state index contributed by atoms with van der Waals surface area (Å²) in [6.45, 7) is 0.598. The summed E-state index contributed by atoms with van der Waals surface area (Å²) < 4.78 is 12.1. The van der Waals surface area contributed by atoms with Crippen LogP contribution in [-0.2, 0) is 30.5 Å². The van der Waals surface area contributed by atoms with Crippen molar-refractivity contribution in [2.45, 2.75) is 32.2 Å². The molecule has 1 N–H and O–H groups in total. The molecule has 7 nitrogen and oxygen atoms in total. The third-order valence-corrected chi connectivity index (χ3v) is 5.81. The zero-order chi connectivity index (χ0) is 18.3. The molecule has 0 saturated carbocycles. The van der Waals surface area contributed by atoms with Crippen LogP contribution in [0.5, 0.6) is 0 Å². The van der Waals surface area contributed by atoms with Crippen molar-refractivity contribution in [2.75, 3.05) is 13.7 Å². The number of methoxy groups -OCH3 is 1. The van der Waals surface area contributed by atoms with E-state index in [4.69, 9.17) is 19.2 Å². The van der Waals surface area contributed by atoms with Crippen molar-refractivity contribution in [3.63, 3.8) is 0 Å². The number of aromatic nitrogens is 2. The Hall–Kier alpha value is -2.45. The predicted octanol–water partition coefficient (Wildman–Crippen LogP) is 2.48. The van der Waals surface area contributed by atoms with E-state index >= 15 is 0 Å². The molecule has 0 bridgehead atoms. The number of nitrogens with zero attached hydrogens (tertiary/aromatic N) is 2. The molecule has 1 aliphatic carbocycles. The molecular formula is C18H18N2O5S. The number of ether oxygens (including phenoxy) is 1. The first-order valence-corrected chi connectivity index (χ1v) is 9.25. The maximum atomic E-state index is 13.2. The first kappa shape index (κ1) is 17.0. The fraction of sp³-hybridized carbons (Fsp3) is 0.389. The van der Waals surface area contributed by atoms with Crippen molar-refractivity contribution in [3.8, 4) is 0 Å². The lowest BCUT2D eigenvalue weighted by atomic mass is 10.2. The van der Waals surface area contributed by atoms with E-state index in [1.165, 1.54) is 10.9 Å². The van der Waals surface area contributed by atoms with Gasteiger partial charge in [-0.2, -0.15) is 0 Å². The molecule has 0 fully saturated rings. The van der Waals surface area contributed by atoms with Gasteiger partial charge in [0.2, 0.25) is 5.76 Å². The van der Waals surface area contributed by atoms with E-state index in [1.807, 2.05) is 0 Å². The summed E-state index contributed by atoms with van der Waals surface area (Å²) in [6.07, 6.45) is 3.48. The van der Waals surface area contributed by atoms with Crippen LogP contribution in [-0.4, -0.2) is 34.3 Å². The number of carboxylic acid groups (broad SMARTS) is 1. The number of hydrogen-bond acceptors (Lipinski definition) is 6. The number of rotatable bonds is 6. The Kier molecular flexibility index (Phi) is 4.37. The summed E-state index contributed by atoms with van der Waals surface area (Å²) in [7, 11) is 1.60. The Balaban J connectivity index is 1.82. The van der Waals surface area contributed by atoms with E-state index < -0.39 is 5.97 Å². The van der Waals surface area contributed by atoms with Gasteiger partial charge in [-0.05, 0) is 37.0 Å². The fourth-order valence-electron chi connectivity index (χ4n) is 3.40. The Morgan fingerprint density at radius 2 is 2.27 bits per heavy atom. The molecule has 1 aliphatic rings. The highest BCUT2D eigenvalue weighted by atomic mass is 32.1. The second-order valence-electron chi connectivity index (χ2n) is 6.27. The maximum Gasteiger partial charge on any atom is 0.371 e. The lowest BCUT2D eigenvalue weighted by Gasteiger charge is -2.11. The van der Waals surface area contributed by atoms with Gasteiger partial charge in [0.05, 0.1) is 18.5 Å². The molecule has 3 aromatic rings. The first-order chi connectivity index (χ1) is 12.6. The van der Waals surface area contributed by atoms with E-state index in [9.17, 15) is 9.59 Å². The molecule has 26 heavy (non-hydrogen) atoms. The highest BCUT2D eigenvalue weighted by Gasteiger charge is 2.23. The van der Waals surface area contributed by atoms with Gasteiger partial charge in [0.15, 0.2) is 0 Å². The van der Waals surface area contributed by atoms with Crippen LogP contribution in [0.3, 0.4) is 0 Å². The van der Waals surface area contributed by atoms with Crippen molar-refractivity contribution >= 4 is 27.5 Å². The van der Waals surface area contributed by atoms with Crippen molar-refractivity contribution in [1.29, 1.82) is 0 Å². The van der Waals surface area contributed by atoms with Gasteiger partial charge in [0.25, 0.3) is 5.56 Å². The number of fused-ring (bicyclic) bond motifs is 3. The molecule has 0 spiro atoms. The molecule has 0 unspecified atom stereocenters. The highest BCUT2D eigenvalue weighted by molar-refractivity contribution is 7.18. The van der Waals surface area contributed by atoms with Crippen LogP contribution in [0.25, 0.3) is 10.2 Å². The van der Waals surface area contributed by atoms with Gasteiger partial charge in [-0.25, -0.2) is 9.78 Å². The third kappa shape index (κ3) is 2.85. The van der Waals surface area contributed by atoms with Gasteiger partial charge < -0.3 is 14.3 Å². The van der Waals surface area contributed by atoms with Gasteiger partial charge >= 0.3 is 5.97 Å². The third-order valence-electron chi connectivity index (χ3n) is 4.62. The SMILES string of the molecule is COCCc1nc2sc3c(c2c(=O)n1Cc1ccc(C(=O)O)o1)CCC3. The van der Waals surface area contributed by atoms with E-state index in [0.29, 0.717) is 30.0 Å². The molecule has 0 saturated heterocycles. The van der Waals surface area contributed by atoms with Crippen LogP contribution in [0.1, 0.15) is 39.0 Å². The Morgan fingerprint density at radius 1 is 1.42 bits per heavy atom. The van der Waals surface area contributed by atoms with Gasteiger partial charge in [0.1, 0.15) is 16.4 Å². The summed E-state index contributed by atoms with van der Waals surface area (Å²) in [5.74, 6) is -0.238. The van der Waals surface area contributed by atoms with Gasteiger partial charge in [-0.3, -0.25) is 9.36 Å². The average Bonchev–Trinajstić information content (AvgIpc) is 3.31. The molecular weight excluding hydrogens is 356 g/mol. The molecule has 136 valence electrons. The predicted molar refractivity (Wildman–Crippen MR) is 96.3 cm³/mol. The van der Waals surface area contributed by atoms with Crippen molar-refractivity contribution in [1.82, 2.24) is 9.55 Å². The van der Waals surface area contributed by atoms with Crippen molar-refractivity contribution in [2.24, 2.45) is 0 Å². The monoisotopic (exact) mass is 374 g/mol. The fourth-order valence-corrected chi connectivity index (χ4v) is 4.67. The smallest absolute Gasteiger partial charge is 0.371 e. The Labute approximate surface area is 152 Å². The second kappa shape index (κ2) is 6.69. The lowest BCUT2D eigenvalue weighted by molar-refractivity contribution is 0.0660. The quantitative estimate of drug-likeness (QED) is 0.712. The van der Waals surface area contributed by atoms with Crippen molar-refractivity contribution in [3.05, 3.63) is 50.3 Å².